The Hall–Kier alpha value is -0.480. The number of methoxy groups -OCH3 is 1. The molecule has 0 saturated heterocycles. The first-order valence-electron chi connectivity index (χ1n) is 5.67. The predicted octanol–water partition coefficient (Wildman–Crippen LogP) is 2.23. The van der Waals surface area contributed by atoms with E-state index in [-0.39, 0.29) is 5.97 Å². The molecule has 0 saturated carbocycles. The zero-order valence-corrected chi connectivity index (χ0v) is 11.4. The highest BCUT2D eigenvalue weighted by Crippen LogP contribution is 2.01. The molecule has 1 N–H and O–H groups in total. The Morgan fingerprint density at radius 2 is 2.12 bits per heavy atom. The minimum atomic E-state index is -0.248. The van der Waals surface area contributed by atoms with Gasteiger partial charge in [0.05, 0.1) is 7.11 Å². The number of ether oxygens (including phenoxy) is 1. The number of carbonyl (C=O) groups is 1. The Morgan fingerprint density at radius 3 is 2.75 bits per heavy atom. The Balaban J connectivity index is 3.35. The summed E-state index contributed by atoms with van der Waals surface area (Å²) in [4.78, 5) is 11.0. The van der Waals surface area contributed by atoms with Gasteiger partial charge in [-0.05, 0) is 38.3 Å². The van der Waals surface area contributed by atoms with Crippen molar-refractivity contribution < 1.29 is 9.53 Å². The summed E-state index contributed by atoms with van der Waals surface area (Å²) in [5, 5.41) is 3.28. The van der Waals surface area contributed by atoms with Crippen molar-refractivity contribution in [3.63, 3.8) is 0 Å². The predicted molar refractivity (Wildman–Crippen MR) is 70.9 cm³/mol. The molecule has 16 heavy (non-hydrogen) atoms. The van der Waals surface area contributed by atoms with E-state index in [1.807, 2.05) is 17.8 Å². The van der Waals surface area contributed by atoms with Crippen molar-refractivity contribution in [1.29, 1.82) is 0 Å². The minimum Gasteiger partial charge on any atom is -0.466 e. The van der Waals surface area contributed by atoms with Gasteiger partial charge in [-0.1, -0.05) is 12.5 Å². The first kappa shape index (κ1) is 15.5. The summed E-state index contributed by atoms with van der Waals surface area (Å²) >= 11 is 1.90. The van der Waals surface area contributed by atoms with E-state index in [9.17, 15) is 4.79 Å². The van der Waals surface area contributed by atoms with Crippen LogP contribution in [0.25, 0.3) is 0 Å². The first-order chi connectivity index (χ1) is 7.72. The number of rotatable bonds is 9. The van der Waals surface area contributed by atoms with Gasteiger partial charge in [-0.15, -0.1) is 0 Å². The van der Waals surface area contributed by atoms with Crippen molar-refractivity contribution in [1.82, 2.24) is 5.32 Å². The average molecular weight is 245 g/mol. The van der Waals surface area contributed by atoms with E-state index in [2.05, 4.69) is 16.3 Å². The van der Waals surface area contributed by atoms with E-state index in [0.717, 1.165) is 13.1 Å². The van der Waals surface area contributed by atoms with E-state index in [0.29, 0.717) is 5.57 Å². The van der Waals surface area contributed by atoms with Crippen LogP contribution in [0.3, 0.4) is 0 Å². The molecule has 0 heterocycles. The molecule has 0 fully saturated rings. The van der Waals surface area contributed by atoms with Gasteiger partial charge in [0.15, 0.2) is 0 Å². The van der Waals surface area contributed by atoms with Gasteiger partial charge >= 0.3 is 5.97 Å². The Morgan fingerprint density at radius 1 is 1.38 bits per heavy atom. The highest BCUT2D eigenvalue weighted by molar-refractivity contribution is 7.98. The Kier molecular flexibility index (Phi) is 10.7. The maximum atomic E-state index is 11.0. The van der Waals surface area contributed by atoms with Crippen LogP contribution >= 0.6 is 11.8 Å². The van der Waals surface area contributed by atoms with Gasteiger partial charge in [0.1, 0.15) is 0 Å². The number of unbranched alkanes of at least 4 members (excludes halogenated alkanes) is 2. The van der Waals surface area contributed by atoms with Crippen molar-refractivity contribution in [2.75, 3.05) is 32.2 Å². The minimum absolute atomic E-state index is 0.248. The second-order valence-corrected chi connectivity index (χ2v) is 4.62. The average Bonchev–Trinajstić information content (AvgIpc) is 2.31. The van der Waals surface area contributed by atoms with E-state index in [1.54, 1.807) is 6.92 Å². The molecular weight excluding hydrogens is 222 g/mol. The van der Waals surface area contributed by atoms with E-state index in [1.165, 1.54) is 32.1 Å². The molecule has 0 atom stereocenters. The van der Waals surface area contributed by atoms with Crippen LogP contribution in [-0.2, 0) is 9.53 Å². The topological polar surface area (TPSA) is 38.3 Å². The summed E-state index contributed by atoms with van der Waals surface area (Å²) < 4.78 is 4.60. The van der Waals surface area contributed by atoms with Gasteiger partial charge in [0, 0.05) is 12.1 Å². The molecule has 3 nitrogen and oxygen atoms in total. The fraction of sp³-hybridized carbons (Fsp3) is 0.750. The number of thioether (sulfide) groups is 1. The molecule has 0 aliphatic rings. The lowest BCUT2D eigenvalue weighted by Crippen LogP contribution is -2.16. The highest BCUT2D eigenvalue weighted by Gasteiger charge is 2.00. The molecule has 0 aromatic carbocycles. The molecule has 0 unspecified atom stereocenters. The van der Waals surface area contributed by atoms with Gasteiger partial charge < -0.3 is 10.1 Å². The van der Waals surface area contributed by atoms with Crippen LogP contribution in [-0.4, -0.2) is 38.2 Å². The summed E-state index contributed by atoms with van der Waals surface area (Å²) in [6.07, 6.45) is 7.77. The lowest BCUT2D eigenvalue weighted by atomic mass is 10.2. The van der Waals surface area contributed by atoms with Crippen LogP contribution in [0.15, 0.2) is 11.6 Å². The summed E-state index contributed by atoms with van der Waals surface area (Å²) in [7, 11) is 1.40. The smallest absolute Gasteiger partial charge is 0.333 e. The van der Waals surface area contributed by atoms with Crippen LogP contribution in [0.1, 0.15) is 26.2 Å². The van der Waals surface area contributed by atoms with Gasteiger partial charge in [-0.25, -0.2) is 4.79 Å². The third-order valence-electron chi connectivity index (χ3n) is 2.26. The number of hydrogen-bond acceptors (Lipinski definition) is 4. The van der Waals surface area contributed by atoms with Gasteiger partial charge in [0.2, 0.25) is 0 Å². The van der Waals surface area contributed by atoms with Gasteiger partial charge in [0.25, 0.3) is 0 Å². The number of nitrogens with one attached hydrogen (secondary N) is 1. The fourth-order valence-corrected chi connectivity index (χ4v) is 1.74. The van der Waals surface area contributed by atoms with Crippen LogP contribution in [0.4, 0.5) is 0 Å². The molecule has 0 bridgehead atoms. The lowest BCUT2D eigenvalue weighted by molar-refractivity contribution is -0.136. The molecule has 0 rings (SSSR count). The zero-order chi connectivity index (χ0) is 12.2. The van der Waals surface area contributed by atoms with Crippen molar-refractivity contribution in [3.05, 3.63) is 11.6 Å². The van der Waals surface area contributed by atoms with Crippen LogP contribution in [0, 0.1) is 0 Å². The van der Waals surface area contributed by atoms with Crippen LogP contribution < -0.4 is 5.32 Å². The molecule has 0 aliphatic heterocycles. The van der Waals surface area contributed by atoms with E-state index < -0.39 is 0 Å². The molecular formula is C12H23NO2S. The molecule has 4 heteroatoms. The van der Waals surface area contributed by atoms with Gasteiger partial charge in [-0.2, -0.15) is 11.8 Å². The summed E-state index contributed by atoms with van der Waals surface area (Å²) in [5.41, 5.74) is 0.664. The third-order valence-corrected chi connectivity index (χ3v) is 2.96. The van der Waals surface area contributed by atoms with E-state index in [4.69, 9.17) is 0 Å². The second kappa shape index (κ2) is 11.0. The molecule has 0 aromatic rings. The molecule has 0 aliphatic carbocycles. The van der Waals surface area contributed by atoms with Crippen molar-refractivity contribution in [2.24, 2.45) is 0 Å². The van der Waals surface area contributed by atoms with Crippen LogP contribution in [0.2, 0.25) is 0 Å². The largest absolute Gasteiger partial charge is 0.466 e. The molecule has 0 amide bonds. The number of esters is 1. The number of carbonyl (C=O) groups excluding carboxylic acids is 1. The third kappa shape index (κ3) is 8.80. The molecule has 0 spiro atoms. The standard InChI is InChI=1S/C12H23NO2S/c1-11(12(14)15-2)7-9-13-8-5-4-6-10-16-3/h7,13H,4-6,8-10H2,1-3H3. The summed E-state index contributed by atoms with van der Waals surface area (Å²) in [5.74, 6) is 1.00. The van der Waals surface area contributed by atoms with Gasteiger partial charge in [-0.3, -0.25) is 0 Å². The highest BCUT2D eigenvalue weighted by atomic mass is 32.2. The Labute approximate surface area is 103 Å². The van der Waals surface area contributed by atoms with Crippen molar-refractivity contribution >= 4 is 17.7 Å². The lowest BCUT2D eigenvalue weighted by Gasteiger charge is -2.02. The molecule has 0 aromatic heterocycles. The fourth-order valence-electron chi connectivity index (χ4n) is 1.24. The maximum absolute atomic E-state index is 11.0. The maximum Gasteiger partial charge on any atom is 0.333 e. The summed E-state index contributed by atoms with van der Waals surface area (Å²) in [6, 6.07) is 0. The SMILES string of the molecule is COC(=O)C(C)=CCNCCCCCSC. The summed E-state index contributed by atoms with van der Waals surface area (Å²) in [6.45, 7) is 3.52. The first-order valence-corrected chi connectivity index (χ1v) is 7.06. The molecule has 0 radical (unpaired) electrons. The zero-order valence-electron chi connectivity index (χ0n) is 10.5. The monoisotopic (exact) mass is 245 g/mol. The van der Waals surface area contributed by atoms with Crippen LogP contribution in [0.5, 0.6) is 0 Å². The Bertz CT molecular complexity index is 217. The second-order valence-electron chi connectivity index (χ2n) is 3.64. The quantitative estimate of drug-likeness (QED) is 0.384. The van der Waals surface area contributed by atoms with Crippen molar-refractivity contribution in [2.45, 2.75) is 26.2 Å². The molecule has 94 valence electrons. The normalized spacial score (nSPS) is 11.6. The van der Waals surface area contributed by atoms with E-state index >= 15 is 0 Å². The van der Waals surface area contributed by atoms with Crippen molar-refractivity contribution in [3.8, 4) is 0 Å². The number of hydrogen-bond donors (Lipinski definition) is 1.